The van der Waals surface area contributed by atoms with E-state index in [1.165, 1.54) is 57.8 Å². The fourth-order valence-corrected chi connectivity index (χ4v) is 3.50. The lowest BCUT2D eigenvalue weighted by Gasteiger charge is -2.33. The van der Waals surface area contributed by atoms with Gasteiger partial charge in [-0.05, 0) is 12.3 Å². The van der Waals surface area contributed by atoms with Gasteiger partial charge in [0, 0.05) is 19.4 Å². The predicted molar refractivity (Wildman–Crippen MR) is 104 cm³/mol. The van der Waals surface area contributed by atoms with Gasteiger partial charge in [0.15, 0.2) is 0 Å². The van der Waals surface area contributed by atoms with Crippen molar-refractivity contribution in [1.82, 2.24) is 0 Å². The van der Waals surface area contributed by atoms with Gasteiger partial charge in [0.25, 0.3) is 0 Å². The average molecular weight is 375 g/mol. The Morgan fingerprint density at radius 1 is 0.769 bits per heavy atom. The summed E-state index contributed by atoms with van der Waals surface area (Å²) >= 11 is 0. The molecule has 0 heterocycles. The zero-order valence-electron chi connectivity index (χ0n) is 16.9. The van der Waals surface area contributed by atoms with Crippen LogP contribution < -0.4 is 0 Å². The Morgan fingerprint density at radius 2 is 1.27 bits per heavy atom. The second-order valence-corrected chi connectivity index (χ2v) is 8.28. The molecular weight excluding hydrogens is 332 g/mol. The zero-order chi connectivity index (χ0) is 19.2. The van der Waals surface area contributed by atoms with Crippen LogP contribution in [0, 0.1) is 5.92 Å². The van der Waals surface area contributed by atoms with Gasteiger partial charge < -0.3 is 24.8 Å². The first kappa shape index (κ1) is 23.8. The Balaban J connectivity index is 1.80. The summed E-state index contributed by atoms with van der Waals surface area (Å²) in [5.74, 6) is 0.844. The van der Waals surface area contributed by atoms with Gasteiger partial charge in [-0.25, -0.2) is 0 Å². The minimum Gasteiger partial charge on any atom is -0.390 e. The van der Waals surface area contributed by atoms with Gasteiger partial charge in [0.1, 0.15) is 12.9 Å². The number of rotatable bonds is 15. The highest BCUT2D eigenvalue weighted by Crippen LogP contribution is 2.22. The lowest BCUT2D eigenvalue weighted by Crippen LogP contribution is -2.47. The van der Waals surface area contributed by atoms with Gasteiger partial charge in [-0.3, -0.25) is 0 Å². The molecule has 26 heavy (non-hydrogen) atoms. The van der Waals surface area contributed by atoms with Crippen LogP contribution in [-0.2, 0) is 9.47 Å². The second-order valence-electron chi connectivity index (χ2n) is 8.28. The van der Waals surface area contributed by atoms with Crippen LogP contribution in [0.1, 0.15) is 90.9 Å². The third-order valence-corrected chi connectivity index (χ3v) is 5.25. The highest BCUT2D eigenvalue weighted by atomic mass is 16.7. The van der Waals surface area contributed by atoms with Gasteiger partial charge in [0.05, 0.1) is 18.3 Å². The summed E-state index contributed by atoms with van der Waals surface area (Å²) in [6.45, 7) is 5.48. The topological polar surface area (TPSA) is 79.2 Å². The normalized spacial score (nSPS) is 26.5. The van der Waals surface area contributed by atoms with Crippen LogP contribution in [0.5, 0.6) is 0 Å². The Kier molecular flexibility index (Phi) is 13.6. The number of hydrogen-bond acceptors (Lipinski definition) is 5. The molecule has 0 aromatic rings. The third kappa shape index (κ3) is 11.5. The molecule has 156 valence electrons. The predicted octanol–water partition coefficient (Wildman–Crippen LogP) is 3.78. The number of hydrogen-bond donors (Lipinski definition) is 3. The molecule has 5 heteroatoms. The van der Waals surface area contributed by atoms with E-state index in [4.69, 9.17) is 9.47 Å². The van der Waals surface area contributed by atoms with E-state index in [2.05, 4.69) is 13.8 Å². The molecule has 1 aliphatic rings. The summed E-state index contributed by atoms with van der Waals surface area (Å²) in [5, 5.41) is 28.7. The van der Waals surface area contributed by atoms with Crippen molar-refractivity contribution in [2.45, 2.75) is 115 Å². The maximum Gasteiger partial charge on any atom is 0.147 e. The average Bonchev–Trinajstić information content (AvgIpc) is 2.59. The summed E-state index contributed by atoms with van der Waals surface area (Å²) in [6, 6.07) is 0. The number of ether oxygens (including phenoxy) is 2. The van der Waals surface area contributed by atoms with Gasteiger partial charge in [-0.1, -0.05) is 71.6 Å². The molecule has 2 atom stereocenters. The fraction of sp³-hybridized carbons (Fsp3) is 1.00. The lowest BCUT2D eigenvalue weighted by molar-refractivity contribution is -0.160. The molecule has 0 radical (unpaired) electrons. The molecule has 2 unspecified atom stereocenters. The number of aliphatic hydroxyl groups is 3. The van der Waals surface area contributed by atoms with Crippen molar-refractivity contribution >= 4 is 0 Å². The summed E-state index contributed by atoms with van der Waals surface area (Å²) in [7, 11) is 0. The minimum absolute atomic E-state index is 0.191. The van der Waals surface area contributed by atoms with E-state index >= 15 is 0 Å². The van der Waals surface area contributed by atoms with Crippen LogP contribution in [-0.4, -0.2) is 53.1 Å². The summed E-state index contributed by atoms with van der Waals surface area (Å²) < 4.78 is 11.0. The molecular formula is C21H42O5. The number of unbranched alkanes of at least 4 members (excludes halogenated alkanes) is 8. The summed E-state index contributed by atoms with van der Waals surface area (Å²) in [4.78, 5) is 0. The Hall–Kier alpha value is -0.200. The molecule has 1 rings (SSSR count). The molecule has 1 aliphatic carbocycles. The smallest absolute Gasteiger partial charge is 0.147 e. The van der Waals surface area contributed by atoms with E-state index in [-0.39, 0.29) is 12.9 Å². The standard InChI is InChI=1S/C21H42O5/c1-17(2)12-10-8-6-4-3-5-7-9-11-13-25-16-26-18-14-19(22)21(24)20(23)15-18/h17-24H,3-16H2,1-2H3. The molecule has 5 nitrogen and oxygen atoms in total. The fourth-order valence-electron chi connectivity index (χ4n) is 3.50. The van der Waals surface area contributed by atoms with E-state index in [0.29, 0.717) is 19.4 Å². The van der Waals surface area contributed by atoms with Crippen molar-refractivity contribution < 1.29 is 24.8 Å². The van der Waals surface area contributed by atoms with Gasteiger partial charge >= 0.3 is 0 Å². The van der Waals surface area contributed by atoms with Crippen LogP contribution in [0.15, 0.2) is 0 Å². The van der Waals surface area contributed by atoms with Gasteiger partial charge in [-0.2, -0.15) is 0 Å². The van der Waals surface area contributed by atoms with Gasteiger partial charge in [-0.15, -0.1) is 0 Å². The minimum atomic E-state index is -1.06. The quantitative estimate of drug-likeness (QED) is 0.300. The van der Waals surface area contributed by atoms with E-state index < -0.39 is 18.3 Å². The highest BCUT2D eigenvalue weighted by molar-refractivity contribution is 4.86. The maximum atomic E-state index is 9.61. The SMILES string of the molecule is CC(C)CCCCCCCCCCCOCOC1CC(O)C(O)C(O)C1. The second kappa shape index (κ2) is 14.8. The number of aliphatic hydroxyl groups excluding tert-OH is 3. The molecule has 0 amide bonds. The maximum absolute atomic E-state index is 9.61. The summed E-state index contributed by atoms with van der Waals surface area (Å²) in [5.41, 5.74) is 0. The van der Waals surface area contributed by atoms with Crippen molar-refractivity contribution in [3.8, 4) is 0 Å². The van der Waals surface area contributed by atoms with Crippen LogP contribution in [0.2, 0.25) is 0 Å². The van der Waals surface area contributed by atoms with E-state index in [1.54, 1.807) is 0 Å². The van der Waals surface area contributed by atoms with Crippen molar-refractivity contribution in [2.24, 2.45) is 5.92 Å². The lowest BCUT2D eigenvalue weighted by atomic mass is 9.90. The molecule has 0 saturated heterocycles. The molecule has 1 saturated carbocycles. The molecule has 1 fully saturated rings. The van der Waals surface area contributed by atoms with Crippen LogP contribution in [0.25, 0.3) is 0 Å². The summed E-state index contributed by atoms with van der Waals surface area (Å²) in [6.07, 6.45) is 10.6. The Labute approximate surface area is 160 Å². The molecule has 3 N–H and O–H groups in total. The zero-order valence-corrected chi connectivity index (χ0v) is 16.9. The van der Waals surface area contributed by atoms with Crippen molar-refractivity contribution in [1.29, 1.82) is 0 Å². The van der Waals surface area contributed by atoms with Crippen LogP contribution in [0.4, 0.5) is 0 Å². The molecule has 0 aromatic heterocycles. The highest BCUT2D eigenvalue weighted by Gasteiger charge is 2.35. The Morgan fingerprint density at radius 3 is 1.81 bits per heavy atom. The Bertz CT molecular complexity index is 312. The first-order chi connectivity index (χ1) is 12.5. The first-order valence-corrected chi connectivity index (χ1v) is 10.7. The van der Waals surface area contributed by atoms with Crippen molar-refractivity contribution in [3.63, 3.8) is 0 Å². The van der Waals surface area contributed by atoms with Crippen molar-refractivity contribution in [2.75, 3.05) is 13.4 Å². The first-order valence-electron chi connectivity index (χ1n) is 10.7. The molecule has 0 bridgehead atoms. The largest absolute Gasteiger partial charge is 0.390 e. The molecule has 0 aliphatic heterocycles. The molecule has 0 spiro atoms. The van der Waals surface area contributed by atoms with E-state index in [9.17, 15) is 15.3 Å². The molecule has 0 aromatic carbocycles. The van der Waals surface area contributed by atoms with E-state index in [0.717, 1.165) is 12.3 Å². The van der Waals surface area contributed by atoms with Crippen LogP contribution >= 0.6 is 0 Å². The third-order valence-electron chi connectivity index (χ3n) is 5.25. The van der Waals surface area contributed by atoms with E-state index in [1.807, 2.05) is 0 Å². The van der Waals surface area contributed by atoms with Crippen molar-refractivity contribution in [3.05, 3.63) is 0 Å². The van der Waals surface area contributed by atoms with Gasteiger partial charge in [0.2, 0.25) is 0 Å². The van der Waals surface area contributed by atoms with Crippen LogP contribution in [0.3, 0.4) is 0 Å². The monoisotopic (exact) mass is 374 g/mol.